The third-order valence-corrected chi connectivity index (χ3v) is 6.57. The summed E-state index contributed by atoms with van der Waals surface area (Å²) in [6, 6.07) is 14.6. The first-order valence-electron chi connectivity index (χ1n) is 11.9. The highest BCUT2D eigenvalue weighted by atomic mass is 35.5. The molecule has 208 valence electrons. The number of ether oxygens (including phenoxy) is 1. The normalized spacial score (nSPS) is 12.5. The van der Waals surface area contributed by atoms with Gasteiger partial charge in [-0.15, -0.1) is 5.10 Å². The summed E-state index contributed by atoms with van der Waals surface area (Å²) in [5.41, 5.74) is 2.86. The van der Waals surface area contributed by atoms with Gasteiger partial charge in [-0.3, -0.25) is 4.79 Å². The van der Waals surface area contributed by atoms with Crippen LogP contribution >= 0.6 is 23.2 Å². The molecule has 0 saturated heterocycles. The van der Waals surface area contributed by atoms with Crippen LogP contribution in [0.15, 0.2) is 54.6 Å². The molecule has 0 saturated carbocycles. The summed E-state index contributed by atoms with van der Waals surface area (Å²) >= 11 is 12.4. The quantitative estimate of drug-likeness (QED) is 0.237. The zero-order valence-corrected chi connectivity index (χ0v) is 22.8. The number of carbonyl (C=O) groups excluding carboxylic acids is 2. The number of benzene rings is 3. The van der Waals surface area contributed by atoms with Crippen molar-refractivity contribution in [2.24, 2.45) is 0 Å². The predicted octanol–water partition coefficient (Wildman–Crippen LogP) is 3.57. The standard InChI is InChI=1S/C27H24Cl2N4O7/c1-14(34)40-33-24-22(31-32-33)10-8-19(25(24)39-2)26(36)30-18(13-23(35)27(37)38)11-15-3-5-16(6-4-15)20-12-17(28)7-9-21(20)29/h3-10,12,18,23,35H,11,13H2,1-2H3,(H,30,36)(H,37,38)/t18-,23-/m1/s1. The number of carbonyl (C=O) groups is 3. The number of aliphatic carboxylic acids is 1. The van der Waals surface area contributed by atoms with Crippen molar-refractivity contribution in [2.45, 2.75) is 31.9 Å². The molecule has 1 heterocycles. The van der Waals surface area contributed by atoms with Crippen LogP contribution in [0.3, 0.4) is 0 Å². The highest BCUT2D eigenvalue weighted by Crippen LogP contribution is 2.31. The van der Waals surface area contributed by atoms with E-state index in [1.807, 2.05) is 24.3 Å². The topological polar surface area (TPSA) is 153 Å². The number of amides is 1. The first kappa shape index (κ1) is 28.8. The van der Waals surface area contributed by atoms with Gasteiger partial charge in [0.15, 0.2) is 17.4 Å². The Morgan fingerprint density at radius 3 is 2.45 bits per heavy atom. The van der Waals surface area contributed by atoms with Crippen LogP contribution in [0.25, 0.3) is 22.2 Å². The third kappa shape index (κ3) is 6.50. The molecule has 4 rings (SSSR count). The van der Waals surface area contributed by atoms with Gasteiger partial charge in [0.1, 0.15) is 5.52 Å². The number of hydrogen-bond donors (Lipinski definition) is 3. The molecule has 0 spiro atoms. The molecular formula is C27H24Cl2N4O7. The van der Waals surface area contributed by atoms with Crippen molar-refractivity contribution >= 4 is 52.1 Å². The van der Waals surface area contributed by atoms with E-state index >= 15 is 0 Å². The Kier molecular flexibility index (Phi) is 8.88. The number of nitrogens with one attached hydrogen (secondary N) is 1. The Bertz CT molecular complexity index is 1570. The zero-order valence-electron chi connectivity index (χ0n) is 21.3. The van der Waals surface area contributed by atoms with E-state index in [0.717, 1.165) is 21.5 Å². The lowest BCUT2D eigenvalue weighted by molar-refractivity contribution is -0.147. The summed E-state index contributed by atoms with van der Waals surface area (Å²) in [7, 11) is 1.33. The predicted molar refractivity (Wildman–Crippen MR) is 146 cm³/mol. The number of carboxylic acids is 1. The second-order valence-corrected chi connectivity index (χ2v) is 9.69. The molecule has 13 heteroatoms. The van der Waals surface area contributed by atoms with Crippen molar-refractivity contribution < 1.29 is 34.2 Å². The van der Waals surface area contributed by atoms with Gasteiger partial charge in [0.2, 0.25) is 0 Å². The molecular weight excluding hydrogens is 563 g/mol. The Labute approximate surface area is 238 Å². The number of rotatable bonds is 10. The number of aliphatic hydroxyl groups is 1. The molecule has 0 aliphatic heterocycles. The fraction of sp³-hybridized carbons (Fsp3) is 0.222. The van der Waals surface area contributed by atoms with Crippen LogP contribution in [-0.4, -0.2) is 62.5 Å². The Balaban J connectivity index is 1.61. The Morgan fingerprint density at radius 1 is 1.07 bits per heavy atom. The van der Waals surface area contributed by atoms with Gasteiger partial charge in [-0.2, -0.15) is 0 Å². The third-order valence-electron chi connectivity index (χ3n) is 6.00. The summed E-state index contributed by atoms with van der Waals surface area (Å²) in [6.07, 6.45) is -1.77. The van der Waals surface area contributed by atoms with Crippen molar-refractivity contribution in [3.8, 4) is 16.9 Å². The molecule has 11 nitrogen and oxygen atoms in total. The SMILES string of the molecule is COc1c(C(=O)N[C@H](Cc2ccc(-c3cc(Cl)ccc3Cl)cc2)C[C@@H](O)C(=O)O)ccc2nnn(OC(C)=O)c12. The van der Waals surface area contributed by atoms with Gasteiger partial charge < -0.3 is 25.1 Å². The maximum absolute atomic E-state index is 13.4. The van der Waals surface area contributed by atoms with Crippen LogP contribution in [0.2, 0.25) is 10.0 Å². The number of carboxylic acid groups (broad SMARTS) is 1. The van der Waals surface area contributed by atoms with E-state index in [0.29, 0.717) is 15.6 Å². The lowest BCUT2D eigenvalue weighted by Gasteiger charge is -2.21. The highest BCUT2D eigenvalue weighted by Gasteiger charge is 2.26. The molecule has 3 N–H and O–H groups in total. The van der Waals surface area contributed by atoms with E-state index in [9.17, 15) is 24.6 Å². The largest absolute Gasteiger partial charge is 0.493 e. The average molecular weight is 587 g/mol. The molecule has 3 aromatic carbocycles. The Morgan fingerprint density at radius 2 is 1.80 bits per heavy atom. The summed E-state index contributed by atoms with van der Waals surface area (Å²) < 4.78 is 5.44. The van der Waals surface area contributed by atoms with Crippen LogP contribution in [0.5, 0.6) is 5.75 Å². The number of nitrogens with zero attached hydrogens (tertiary/aromatic N) is 3. The number of fused-ring (bicyclic) bond motifs is 1. The zero-order chi connectivity index (χ0) is 29.0. The molecule has 0 aliphatic rings. The van der Waals surface area contributed by atoms with Crippen molar-refractivity contribution in [3.63, 3.8) is 0 Å². The number of halogens is 2. The van der Waals surface area contributed by atoms with Crippen LogP contribution < -0.4 is 14.9 Å². The van der Waals surface area contributed by atoms with E-state index in [1.165, 1.54) is 26.2 Å². The van der Waals surface area contributed by atoms with Gasteiger partial charge in [-0.25, -0.2) is 9.59 Å². The van der Waals surface area contributed by atoms with Gasteiger partial charge in [0.25, 0.3) is 5.91 Å². The van der Waals surface area contributed by atoms with E-state index in [2.05, 4.69) is 15.6 Å². The van der Waals surface area contributed by atoms with E-state index in [-0.39, 0.29) is 29.7 Å². The van der Waals surface area contributed by atoms with Crippen molar-refractivity contribution in [1.82, 2.24) is 20.5 Å². The molecule has 4 aromatic rings. The van der Waals surface area contributed by atoms with Gasteiger partial charge in [0, 0.05) is 35.0 Å². The number of methoxy groups -OCH3 is 1. The monoisotopic (exact) mass is 586 g/mol. The van der Waals surface area contributed by atoms with Crippen molar-refractivity contribution in [2.75, 3.05) is 7.11 Å². The average Bonchev–Trinajstić information content (AvgIpc) is 3.32. The van der Waals surface area contributed by atoms with Gasteiger partial charge in [0.05, 0.1) is 12.7 Å². The summed E-state index contributed by atoms with van der Waals surface area (Å²) in [6.45, 7) is 1.19. The van der Waals surface area contributed by atoms with Gasteiger partial charge in [-0.1, -0.05) is 52.3 Å². The number of aromatic nitrogens is 3. The van der Waals surface area contributed by atoms with E-state index in [4.69, 9.17) is 32.8 Å². The second kappa shape index (κ2) is 12.3. The smallest absolute Gasteiger partial charge is 0.332 e. The summed E-state index contributed by atoms with van der Waals surface area (Å²) in [5.74, 6) is -2.64. The maximum Gasteiger partial charge on any atom is 0.332 e. The van der Waals surface area contributed by atoms with Crippen molar-refractivity contribution in [1.29, 1.82) is 0 Å². The first-order chi connectivity index (χ1) is 19.1. The van der Waals surface area contributed by atoms with Crippen LogP contribution in [0.1, 0.15) is 29.3 Å². The van der Waals surface area contributed by atoms with Gasteiger partial charge in [-0.05, 0) is 53.1 Å². The fourth-order valence-electron chi connectivity index (χ4n) is 4.18. The molecule has 1 amide bonds. The molecule has 0 radical (unpaired) electrons. The molecule has 0 fully saturated rings. The number of aliphatic hydroxyl groups excluding tert-OH is 1. The first-order valence-corrected chi connectivity index (χ1v) is 12.7. The minimum absolute atomic E-state index is 0.0431. The fourth-order valence-corrected chi connectivity index (χ4v) is 4.58. The second-order valence-electron chi connectivity index (χ2n) is 8.84. The summed E-state index contributed by atoms with van der Waals surface area (Å²) in [5, 5.41) is 30.9. The van der Waals surface area contributed by atoms with Gasteiger partial charge >= 0.3 is 11.9 Å². The van der Waals surface area contributed by atoms with E-state index in [1.54, 1.807) is 18.2 Å². The summed E-state index contributed by atoms with van der Waals surface area (Å²) in [4.78, 5) is 42.1. The lowest BCUT2D eigenvalue weighted by atomic mass is 9.97. The van der Waals surface area contributed by atoms with Crippen LogP contribution in [0, 0.1) is 0 Å². The molecule has 0 unspecified atom stereocenters. The van der Waals surface area contributed by atoms with Crippen LogP contribution in [-0.2, 0) is 16.0 Å². The van der Waals surface area contributed by atoms with Crippen molar-refractivity contribution in [3.05, 3.63) is 75.8 Å². The highest BCUT2D eigenvalue weighted by molar-refractivity contribution is 6.35. The number of hydrogen-bond acceptors (Lipinski definition) is 8. The molecule has 1 aromatic heterocycles. The molecule has 40 heavy (non-hydrogen) atoms. The minimum Gasteiger partial charge on any atom is -0.493 e. The molecule has 0 bridgehead atoms. The molecule has 0 aliphatic carbocycles. The maximum atomic E-state index is 13.4. The Hall–Kier alpha value is -4.19. The lowest BCUT2D eigenvalue weighted by Crippen LogP contribution is -2.40. The van der Waals surface area contributed by atoms with Crippen LogP contribution in [0.4, 0.5) is 0 Å². The van der Waals surface area contributed by atoms with E-state index < -0.39 is 30.0 Å². The molecule has 2 atom stereocenters. The minimum atomic E-state index is -1.71.